The number of hydrogen-bond acceptors (Lipinski definition) is 5. The monoisotopic (exact) mass is 379 g/mol. The Bertz CT molecular complexity index is 973. The second-order valence-electron chi connectivity index (χ2n) is 8.09. The Hall–Kier alpha value is -2.69. The van der Waals surface area contributed by atoms with Crippen molar-refractivity contribution in [2.45, 2.75) is 31.3 Å². The maximum Gasteiger partial charge on any atom is 0.169 e. The number of rotatable bonds is 3. The molecule has 2 aliphatic heterocycles. The van der Waals surface area contributed by atoms with E-state index in [1.807, 2.05) is 19.3 Å². The molecule has 3 atom stereocenters. The van der Waals surface area contributed by atoms with E-state index in [1.54, 1.807) is 21.1 Å². The Morgan fingerprint density at radius 2 is 2.11 bits per heavy atom. The lowest BCUT2D eigenvalue weighted by Gasteiger charge is -2.47. The molecule has 0 saturated heterocycles. The molecule has 4 aliphatic rings. The number of carbonyl (C=O) groups is 1. The number of Topliss-reactive ketones (excluding diaryl/α,β-unsaturated/α-hetero) is 1. The van der Waals surface area contributed by atoms with Crippen LogP contribution in [0.3, 0.4) is 0 Å². The van der Waals surface area contributed by atoms with Crippen LogP contribution < -0.4 is 9.47 Å². The summed E-state index contributed by atoms with van der Waals surface area (Å²) in [5.41, 5.74) is 4.24. The number of carbonyl (C=O) groups excluding carboxylic acids is 1. The molecule has 0 N–H and O–H groups in total. The van der Waals surface area contributed by atoms with Gasteiger partial charge in [0.2, 0.25) is 0 Å². The largest absolute Gasteiger partial charge is 0.497 e. The average Bonchev–Trinajstić information content (AvgIpc) is 3.05. The van der Waals surface area contributed by atoms with Crippen LogP contribution in [0.1, 0.15) is 24.5 Å². The fourth-order valence-electron chi connectivity index (χ4n) is 5.51. The highest BCUT2D eigenvalue weighted by atomic mass is 16.6. The third kappa shape index (κ3) is 2.05. The average molecular weight is 379 g/mol. The summed E-state index contributed by atoms with van der Waals surface area (Å²) in [6.45, 7) is 2.48. The van der Waals surface area contributed by atoms with E-state index in [0.29, 0.717) is 0 Å². The molecule has 0 amide bonds. The molecule has 0 radical (unpaired) electrons. The topological polar surface area (TPSA) is 48.0 Å². The molecule has 0 unspecified atom stereocenters. The van der Waals surface area contributed by atoms with Gasteiger partial charge in [-0.3, -0.25) is 4.79 Å². The van der Waals surface area contributed by atoms with Crippen LogP contribution in [0.5, 0.6) is 11.5 Å². The number of methoxy groups -OCH3 is 2. The zero-order chi connectivity index (χ0) is 19.6. The Balaban J connectivity index is 1.84. The lowest BCUT2D eigenvalue weighted by atomic mass is 9.57. The van der Waals surface area contributed by atoms with Crippen LogP contribution in [0.15, 0.2) is 47.4 Å². The van der Waals surface area contributed by atoms with E-state index in [-0.39, 0.29) is 23.2 Å². The van der Waals surface area contributed by atoms with Crippen molar-refractivity contribution in [3.05, 3.63) is 58.5 Å². The summed E-state index contributed by atoms with van der Waals surface area (Å²) >= 11 is 0. The quantitative estimate of drug-likeness (QED) is 0.755. The number of ether oxygens (including phenoxy) is 3. The highest BCUT2D eigenvalue weighted by Crippen LogP contribution is 2.62. The summed E-state index contributed by atoms with van der Waals surface area (Å²) in [4.78, 5) is 14.7. The van der Waals surface area contributed by atoms with Crippen molar-refractivity contribution in [3.63, 3.8) is 0 Å². The summed E-state index contributed by atoms with van der Waals surface area (Å²) in [5.74, 6) is 2.38. The fraction of sp³-hybridized carbons (Fsp3) is 0.435. The Morgan fingerprint density at radius 1 is 1.29 bits per heavy atom. The number of ketones is 1. The molecule has 0 saturated carbocycles. The smallest absolute Gasteiger partial charge is 0.169 e. The predicted molar refractivity (Wildman–Crippen MR) is 105 cm³/mol. The molecule has 5 nitrogen and oxygen atoms in total. The van der Waals surface area contributed by atoms with E-state index in [4.69, 9.17) is 14.2 Å². The van der Waals surface area contributed by atoms with Crippen molar-refractivity contribution in [3.8, 4) is 11.5 Å². The van der Waals surface area contributed by atoms with Crippen molar-refractivity contribution in [2.75, 3.05) is 27.8 Å². The molecule has 2 heterocycles. The van der Waals surface area contributed by atoms with Crippen molar-refractivity contribution in [1.82, 2.24) is 4.90 Å². The molecule has 0 fully saturated rings. The molecule has 2 aliphatic carbocycles. The maximum absolute atomic E-state index is 12.6. The van der Waals surface area contributed by atoms with Crippen LogP contribution in [-0.4, -0.2) is 44.6 Å². The molecule has 0 aromatic heterocycles. The first-order chi connectivity index (χ1) is 13.5. The number of hydrogen-bond donors (Lipinski definition) is 0. The Kier molecular flexibility index (Phi) is 3.67. The van der Waals surface area contributed by atoms with E-state index in [1.165, 1.54) is 16.7 Å². The van der Waals surface area contributed by atoms with Gasteiger partial charge in [-0.05, 0) is 43.0 Å². The van der Waals surface area contributed by atoms with Crippen LogP contribution in [0.4, 0.5) is 0 Å². The van der Waals surface area contributed by atoms with Crippen molar-refractivity contribution in [2.24, 2.45) is 5.92 Å². The minimum absolute atomic E-state index is 0.0931. The minimum atomic E-state index is -0.328. The first kappa shape index (κ1) is 17.4. The van der Waals surface area contributed by atoms with Crippen LogP contribution in [0.25, 0.3) is 0 Å². The number of allylic oxidation sites excluding steroid dienone is 3. The van der Waals surface area contributed by atoms with Crippen LogP contribution >= 0.6 is 0 Å². The fourth-order valence-corrected chi connectivity index (χ4v) is 5.51. The van der Waals surface area contributed by atoms with E-state index >= 15 is 0 Å². The van der Waals surface area contributed by atoms with Gasteiger partial charge in [0.25, 0.3) is 0 Å². The van der Waals surface area contributed by atoms with Gasteiger partial charge in [0.15, 0.2) is 23.4 Å². The van der Waals surface area contributed by atoms with Gasteiger partial charge in [-0.15, -0.1) is 0 Å². The van der Waals surface area contributed by atoms with Gasteiger partial charge < -0.3 is 19.1 Å². The highest BCUT2D eigenvalue weighted by Gasteiger charge is 2.60. The van der Waals surface area contributed by atoms with E-state index in [0.717, 1.165) is 42.2 Å². The Morgan fingerprint density at radius 3 is 2.82 bits per heavy atom. The van der Waals surface area contributed by atoms with Gasteiger partial charge in [0.05, 0.1) is 19.6 Å². The van der Waals surface area contributed by atoms with Crippen LogP contribution in [0, 0.1) is 5.92 Å². The predicted octanol–water partition coefficient (Wildman–Crippen LogP) is 3.15. The van der Waals surface area contributed by atoms with Gasteiger partial charge in [0, 0.05) is 36.8 Å². The van der Waals surface area contributed by atoms with Crippen LogP contribution in [-0.2, 0) is 21.4 Å². The highest BCUT2D eigenvalue weighted by molar-refractivity contribution is 5.95. The molecule has 5 rings (SSSR count). The molecule has 1 aromatic carbocycles. The summed E-state index contributed by atoms with van der Waals surface area (Å²) < 4.78 is 18.0. The number of nitrogens with zero attached hydrogens (tertiary/aromatic N) is 1. The van der Waals surface area contributed by atoms with Gasteiger partial charge in [-0.1, -0.05) is 12.1 Å². The molecular formula is C23H25NO4. The molecule has 1 spiro atoms. The molecule has 146 valence electrons. The van der Waals surface area contributed by atoms with E-state index in [9.17, 15) is 4.79 Å². The SMILES string of the molecule is COC1=C[C@H]2C3=CCc4ccc(OC)c5c4[C@@]3(CCN(C)/C=C\2C(C)=O)[C@H]1O5. The van der Waals surface area contributed by atoms with Crippen LogP contribution in [0.2, 0.25) is 0 Å². The standard InChI is InChI=1S/C23H25NO4/c1-13(25)16-12-24(2)10-9-23-17-7-5-14-6-8-18(26-3)21(20(14)23)28-22(23)19(27-4)11-15(16)17/h6-8,11-12,15,22H,5,9-10H2,1-4H3/b16-12-/t15-,22+,23+/m1/s1. The second-order valence-corrected chi connectivity index (χ2v) is 8.09. The summed E-state index contributed by atoms with van der Waals surface area (Å²) in [6.07, 6.45) is 7.90. The number of benzene rings is 1. The summed E-state index contributed by atoms with van der Waals surface area (Å²) in [5, 5.41) is 0. The minimum Gasteiger partial charge on any atom is -0.497 e. The second kappa shape index (κ2) is 5.90. The first-order valence-electron chi connectivity index (χ1n) is 9.77. The van der Waals surface area contributed by atoms with Gasteiger partial charge in [-0.2, -0.15) is 0 Å². The molecule has 5 heteroatoms. The van der Waals surface area contributed by atoms with Crippen molar-refractivity contribution in [1.29, 1.82) is 0 Å². The lowest BCUT2D eigenvalue weighted by molar-refractivity contribution is -0.114. The third-order valence-corrected chi connectivity index (χ3v) is 6.73. The van der Waals surface area contributed by atoms with Gasteiger partial charge in [0.1, 0.15) is 5.76 Å². The van der Waals surface area contributed by atoms with Gasteiger partial charge >= 0.3 is 0 Å². The molecular weight excluding hydrogens is 354 g/mol. The summed E-state index contributed by atoms with van der Waals surface area (Å²) in [7, 11) is 5.40. The summed E-state index contributed by atoms with van der Waals surface area (Å²) in [6, 6.07) is 4.14. The lowest BCUT2D eigenvalue weighted by Crippen LogP contribution is -2.50. The Labute approximate surface area is 165 Å². The third-order valence-electron chi connectivity index (χ3n) is 6.73. The zero-order valence-corrected chi connectivity index (χ0v) is 16.7. The van der Waals surface area contributed by atoms with Crippen molar-refractivity contribution >= 4 is 5.78 Å². The maximum atomic E-state index is 12.6. The van der Waals surface area contributed by atoms with E-state index in [2.05, 4.69) is 23.1 Å². The zero-order valence-electron chi connectivity index (χ0n) is 16.7. The normalized spacial score (nSPS) is 31.3. The van der Waals surface area contributed by atoms with Crippen molar-refractivity contribution < 1.29 is 19.0 Å². The molecule has 1 aromatic rings. The molecule has 28 heavy (non-hydrogen) atoms. The van der Waals surface area contributed by atoms with Gasteiger partial charge in [-0.25, -0.2) is 0 Å². The van der Waals surface area contributed by atoms with E-state index < -0.39 is 0 Å². The molecule has 2 bridgehead atoms. The first-order valence-corrected chi connectivity index (χ1v) is 9.77.